The van der Waals surface area contributed by atoms with Gasteiger partial charge in [0.1, 0.15) is 5.75 Å². The molecule has 31 heavy (non-hydrogen) atoms. The van der Waals surface area contributed by atoms with Crippen molar-refractivity contribution in [3.63, 3.8) is 0 Å². The number of benzene rings is 3. The monoisotopic (exact) mass is 494 g/mol. The van der Waals surface area contributed by atoms with Crippen LogP contribution >= 0.6 is 27.7 Å². The standard InChI is InChI=1S/C24H19BrN2O3S/c1-30-19-6-4-5-16(13-19)14-26-21-8-3-2-7-20(21)24(23(26)29)27(22(28)15-31-24)18-11-9-17(25)10-12-18/h2-13H,14-15H2,1H3. The molecule has 2 aliphatic rings. The first-order valence-corrected chi connectivity index (χ1v) is 11.6. The Balaban J connectivity index is 1.61. The van der Waals surface area contributed by atoms with Crippen LogP contribution in [0.2, 0.25) is 0 Å². The first-order chi connectivity index (χ1) is 15.0. The van der Waals surface area contributed by atoms with E-state index in [1.807, 2.05) is 72.8 Å². The van der Waals surface area contributed by atoms with E-state index in [1.54, 1.807) is 16.9 Å². The highest BCUT2D eigenvalue weighted by Gasteiger charge is 2.60. The van der Waals surface area contributed by atoms with Gasteiger partial charge in [-0.05, 0) is 48.0 Å². The van der Waals surface area contributed by atoms with Crippen LogP contribution in [0.3, 0.4) is 0 Å². The van der Waals surface area contributed by atoms with Crippen LogP contribution in [0, 0.1) is 0 Å². The van der Waals surface area contributed by atoms with Gasteiger partial charge in [0, 0.05) is 15.7 Å². The molecule has 5 rings (SSSR count). The highest BCUT2D eigenvalue weighted by Crippen LogP contribution is 2.56. The van der Waals surface area contributed by atoms with Gasteiger partial charge < -0.3 is 9.64 Å². The second kappa shape index (κ2) is 7.73. The number of carbonyl (C=O) groups excluding carboxylic acids is 2. The lowest BCUT2D eigenvalue weighted by Crippen LogP contribution is -2.49. The van der Waals surface area contributed by atoms with E-state index >= 15 is 0 Å². The Kier molecular flexibility index (Phi) is 5.02. The molecule has 1 unspecified atom stereocenters. The van der Waals surface area contributed by atoms with Gasteiger partial charge >= 0.3 is 0 Å². The van der Waals surface area contributed by atoms with Crippen molar-refractivity contribution in [2.45, 2.75) is 11.4 Å². The fourth-order valence-electron chi connectivity index (χ4n) is 4.26. The van der Waals surface area contributed by atoms with Crippen molar-refractivity contribution in [3.05, 3.63) is 88.4 Å². The van der Waals surface area contributed by atoms with Crippen LogP contribution in [0.25, 0.3) is 0 Å². The third-order valence-corrected chi connectivity index (χ3v) is 7.54. The number of fused-ring (bicyclic) bond motifs is 2. The maximum atomic E-state index is 14.0. The summed E-state index contributed by atoms with van der Waals surface area (Å²) in [7, 11) is 1.63. The summed E-state index contributed by atoms with van der Waals surface area (Å²) in [5.74, 6) is 0.825. The van der Waals surface area contributed by atoms with E-state index in [0.717, 1.165) is 27.0 Å². The van der Waals surface area contributed by atoms with Crippen LogP contribution in [0.1, 0.15) is 11.1 Å². The minimum Gasteiger partial charge on any atom is -0.497 e. The first-order valence-electron chi connectivity index (χ1n) is 9.81. The summed E-state index contributed by atoms with van der Waals surface area (Å²) in [5, 5.41) is 0. The number of halogens is 1. The highest BCUT2D eigenvalue weighted by atomic mass is 79.9. The summed E-state index contributed by atoms with van der Waals surface area (Å²) >= 11 is 4.84. The topological polar surface area (TPSA) is 49.9 Å². The molecule has 2 heterocycles. The average molecular weight is 495 g/mol. The van der Waals surface area contributed by atoms with E-state index in [0.29, 0.717) is 12.2 Å². The zero-order valence-corrected chi connectivity index (χ0v) is 19.2. The number of nitrogens with zero attached hydrogens (tertiary/aromatic N) is 2. The summed E-state index contributed by atoms with van der Waals surface area (Å²) in [4.78, 5) is 29.4. The molecular formula is C24H19BrN2O3S. The quantitative estimate of drug-likeness (QED) is 0.515. The minimum atomic E-state index is -1.10. The van der Waals surface area contributed by atoms with Gasteiger partial charge in [0.2, 0.25) is 10.8 Å². The molecular weight excluding hydrogens is 476 g/mol. The van der Waals surface area contributed by atoms with Crippen molar-refractivity contribution in [2.75, 3.05) is 22.7 Å². The number of hydrogen-bond donors (Lipinski definition) is 0. The van der Waals surface area contributed by atoms with Gasteiger partial charge in [0.25, 0.3) is 5.91 Å². The van der Waals surface area contributed by atoms with E-state index < -0.39 is 4.87 Å². The molecule has 7 heteroatoms. The summed E-state index contributed by atoms with van der Waals surface area (Å²) in [5.41, 5.74) is 3.36. The number of rotatable bonds is 4. The SMILES string of the molecule is COc1cccc(CN2C(=O)C3(SCC(=O)N3c3ccc(Br)cc3)c3ccccc32)c1. The van der Waals surface area contributed by atoms with E-state index in [2.05, 4.69) is 15.9 Å². The molecule has 3 aromatic carbocycles. The van der Waals surface area contributed by atoms with Gasteiger partial charge in [-0.3, -0.25) is 14.5 Å². The molecule has 1 fully saturated rings. The van der Waals surface area contributed by atoms with E-state index in [4.69, 9.17) is 4.74 Å². The number of ether oxygens (including phenoxy) is 1. The molecule has 0 saturated carbocycles. The Morgan fingerprint density at radius 3 is 2.58 bits per heavy atom. The molecule has 0 bridgehead atoms. The predicted molar refractivity (Wildman–Crippen MR) is 126 cm³/mol. The Morgan fingerprint density at radius 1 is 1.03 bits per heavy atom. The zero-order valence-electron chi connectivity index (χ0n) is 16.7. The van der Waals surface area contributed by atoms with Gasteiger partial charge in [-0.25, -0.2) is 0 Å². The van der Waals surface area contributed by atoms with Crippen LogP contribution in [-0.4, -0.2) is 24.7 Å². The molecule has 2 amide bonds. The smallest absolute Gasteiger partial charge is 0.269 e. The van der Waals surface area contributed by atoms with Gasteiger partial charge in [-0.15, -0.1) is 11.8 Å². The van der Waals surface area contributed by atoms with Crippen molar-refractivity contribution < 1.29 is 14.3 Å². The number of amides is 2. The second-order valence-electron chi connectivity index (χ2n) is 7.40. The first kappa shape index (κ1) is 20.2. The molecule has 1 atom stereocenters. The molecule has 0 aromatic heterocycles. The fourth-order valence-corrected chi connectivity index (χ4v) is 5.88. The van der Waals surface area contributed by atoms with Gasteiger partial charge in [-0.2, -0.15) is 0 Å². The molecule has 2 aliphatic heterocycles. The number of anilines is 2. The molecule has 0 radical (unpaired) electrons. The Morgan fingerprint density at radius 2 is 1.81 bits per heavy atom. The Labute approximate surface area is 193 Å². The third kappa shape index (κ3) is 3.15. The van der Waals surface area contributed by atoms with Crippen LogP contribution in [0.15, 0.2) is 77.3 Å². The molecule has 1 spiro atoms. The molecule has 0 N–H and O–H groups in total. The van der Waals surface area contributed by atoms with Gasteiger partial charge in [0.15, 0.2) is 0 Å². The highest BCUT2D eigenvalue weighted by molar-refractivity contribution is 9.10. The molecule has 0 aliphatic carbocycles. The number of hydrogen-bond acceptors (Lipinski definition) is 4. The third-order valence-electron chi connectivity index (χ3n) is 5.62. The van der Waals surface area contributed by atoms with Crippen LogP contribution < -0.4 is 14.5 Å². The van der Waals surface area contributed by atoms with Crippen molar-refractivity contribution >= 4 is 50.9 Å². The summed E-state index contributed by atoms with van der Waals surface area (Å²) < 4.78 is 6.26. The Bertz CT molecular complexity index is 1180. The predicted octanol–water partition coefficient (Wildman–Crippen LogP) is 4.94. The number of carbonyl (C=O) groups is 2. The largest absolute Gasteiger partial charge is 0.497 e. The van der Waals surface area contributed by atoms with Gasteiger partial charge in [0.05, 0.1) is 25.1 Å². The van der Waals surface area contributed by atoms with Crippen molar-refractivity contribution in [2.24, 2.45) is 0 Å². The number of thioether (sulfide) groups is 1. The van der Waals surface area contributed by atoms with E-state index in [9.17, 15) is 9.59 Å². The van der Waals surface area contributed by atoms with Gasteiger partial charge in [-0.1, -0.05) is 46.3 Å². The average Bonchev–Trinajstić information content (AvgIpc) is 3.26. The van der Waals surface area contributed by atoms with Crippen LogP contribution in [-0.2, 0) is 21.0 Å². The molecule has 3 aromatic rings. The number of methoxy groups -OCH3 is 1. The second-order valence-corrected chi connectivity index (χ2v) is 9.48. The van der Waals surface area contributed by atoms with Crippen molar-refractivity contribution in [1.82, 2.24) is 0 Å². The lowest BCUT2D eigenvalue weighted by atomic mass is 10.0. The maximum absolute atomic E-state index is 14.0. The van der Waals surface area contributed by atoms with Crippen LogP contribution in [0.5, 0.6) is 5.75 Å². The summed E-state index contributed by atoms with van der Waals surface area (Å²) in [6.45, 7) is 0.401. The normalized spacial score (nSPS) is 19.9. The fraction of sp³-hybridized carbons (Fsp3) is 0.167. The Hall–Kier alpha value is -2.77. The lowest BCUT2D eigenvalue weighted by Gasteiger charge is -2.33. The number of para-hydroxylation sites is 1. The summed E-state index contributed by atoms with van der Waals surface area (Å²) in [6.07, 6.45) is 0. The molecule has 156 valence electrons. The van der Waals surface area contributed by atoms with Crippen molar-refractivity contribution in [1.29, 1.82) is 0 Å². The van der Waals surface area contributed by atoms with E-state index in [1.165, 1.54) is 11.8 Å². The lowest BCUT2D eigenvalue weighted by molar-refractivity contribution is -0.123. The summed E-state index contributed by atoms with van der Waals surface area (Å²) in [6, 6.07) is 23.0. The van der Waals surface area contributed by atoms with E-state index in [-0.39, 0.29) is 17.6 Å². The minimum absolute atomic E-state index is 0.0706. The maximum Gasteiger partial charge on any atom is 0.269 e. The molecule has 1 saturated heterocycles. The van der Waals surface area contributed by atoms with Crippen LogP contribution in [0.4, 0.5) is 11.4 Å². The van der Waals surface area contributed by atoms with Crippen molar-refractivity contribution in [3.8, 4) is 5.75 Å². The zero-order chi connectivity index (χ0) is 21.6. The molecule has 5 nitrogen and oxygen atoms in total.